The molecule has 0 aliphatic rings. The minimum absolute atomic E-state index is 0.153. The second-order valence-electron chi connectivity index (χ2n) is 5.32. The van der Waals surface area contributed by atoms with Crippen LogP contribution in [0.1, 0.15) is 17.3 Å². The fourth-order valence-corrected chi connectivity index (χ4v) is 2.62. The highest BCUT2D eigenvalue weighted by Crippen LogP contribution is 2.22. The summed E-state index contributed by atoms with van der Waals surface area (Å²) in [6.45, 7) is 0. The summed E-state index contributed by atoms with van der Waals surface area (Å²) in [5.74, 6) is 1.59. The lowest BCUT2D eigenvalue weighted by molar-refractivity contribution is 0.418. The molecule has 0 amide bonds. The van der Waals surface area contributed by atoms with Gasteiger partial charge in [0.1, 0.15) is 11.6 Å². The van der Waals surface area contributed by atoms with Crippen molar-refractivity contribution in [3.8, 4) is 0 Å². The Bertz CT molecular complexity index is 871. The molecule has 10 heteroatoms. The molecule has 0 saturated heterocycles. The van der Waals surface area contributed by atoms with Crippen molar-refractivity contribution in [3.63, 3.8) is 0 Å². The second kappa shape index (κ2) is 7.43. The van der Waals surface area contributed by atoms with Gasteiger partial charge in [0.15, 0.2) is 0 Å². The number of benzene rings is 1. The maximum atomic E-state index is 13.7. The fourth-order valence-electron chi connectivity index (χ4n) is 1.99. The maximum Gasteiger partial charge on any atom is 0.277 e. The molecule has 3 rings (SSSR count). The van der Waals surface area contributed by atoms with Gasteiger partial charge in [-0.3, -0.25) is 0 Å². The van der Waals surface area contributed by atoms with E-state index in [1.165, 1.54) is 17.8 Å². The number of nitrogens with zero attached hydrogens (tertiary/aromatic N) is 6. The molecule has 2 N–H and O–H groups in total. The minimum atomic E-state index is -0.299. The van der Waals surface area contributed by atoms with Crippen LogP contribution in [-0.2, 0) is 12.2 Å². The lowest BCUT2D eigenvalue weighted by Gasteiger charge is -2.10. The smallest absolute Gasteiger partial charge is 0.277 e. The van der Waals surface area contributed by atoms with E-state index in [0.717, 1.165) is 0 Å². The molecule has 2 aromatic heterocycles. The molecule has 1 aromatic carbocycles. The Labute approximate surface area is 147 Å². The third-order valence-electron chi connectivity index (χ3n) is 3.16. The molecule has 3 aromatic rings. The summed E-state index contributed by atoms with van der Waals surface area (Å²) in [6.07, 6.45) is 0.240. The highest BCUT2D eigenvalue weighted by atomic mass is 32.2. The summed E-state index contributed by atoms with van der Waals surface area (Å²) >= 11 is 1.28. The summed E-state index contributed by atoms with van der Waals surface area (Å²) in [7, 11) is 3.64. The van der Waals surface area contributed by atoms with E-state index >= 15 is 0 Å². The Morgan fingerprint density at radius 2 is 1.96 bits per heavy atom. The van der Waals surface area contributed by atoms with Crippen LogP contribution in [0.3, 0.4) is 0 Å². The summed E-state index contributed by atoms with van der Waals surface area (Å²) < 4.78 is 19.2. The first-order valence-corrected chi connectivity index (χ1v) is 8.36. The van der Waals surface area contributed by atoms with E-state index < -0.39 is 0 Å². The van der Waals surface area contributed by atoms with Crippen LogP contribution in [0.2, 0.25) is 0 Å². The summed E-state index contributed by atoms with van der Waals surface area (Å²) in [4.78, 5) is 14.2. The van der Waals surface area contributed by atoms with E-state index in [9.17, 15) is 4.39 Å². The molecule has 0 unspecified atom stereocenters. The molecule has 0 aliphatic carbocycles. The summed E-state index contributed by atoms with van der Waals surface area (Å²) in [5, 5.41) is 8.24. The summed E-state index contributed by atoms with van der Waals surface area (Å²) in [6, 6.07) is 6.48. The Kier molecular flexibility index (Phi) is 5.08. The molecular formula is C15H16FN7OS. The topological polar surface area (TPSA) is 107 Å². The number of hydrogen-bond donors (Lipinski definition) is 1. The van der Waals surface area contributed by atoms with Crippen molar-refractivity contribution >= 4 is 23.7 Å². The zero-order valence-corrected chi connectivity index (χ0v) is 14.5. The van der Waals surface area contributed by atoms with E-state index in [1.54, 1.807) is 23.1 Å². The lowest BCUT2D eigenvalue weighted by Crippen LogP contribution is -2.15. The van der Waals surface area contributed by atoms with Crippen LogP contribution in [0.15, 0.2) is 33.9 Å². The molecule has 0 saturated carbocycles. The zero-order chi connectivity index (χ0) is 17.8. The van der Waals surface area contributed by atoms with Gasteiger partial charge in [0, 0.05) is 14.1 Å². The van der Waals surface area contributed by atoms with Crippen molar-refractivity contribution in [3.05, 3.63) is 47.4 Å². The third kappa shape index (κ3) is 4.41. The van der Waals surface area contributed by atoms with Crippen LogP contribution in [0.5, 0.6) is 0 Å². The number of nitrogen functional groups attached to an aromatic ring is 1. The van der Waals surface area contributed by atoms with Gasteiger partial charge < -0.3 is 15.1 Å². The average Bonchev–Trinajstić information content (AvgIpc) is 3.02. The van der Waals surface area contributed by atoms with Crippen LogP contribution >= 0.6 is 11.8 Å². The van der Waals surface area contributed by atoms with E-state index in [2.05, 4.69) is 25.1 Å². The van der Waals surface area contributed by atoms with Crippen LogP contribution < -0.4 is 10.6 Å². The molecule has 0 spiro atoms. The Hall–Kier alpha value is -2.75. The lowest BCUT2D eigenvalue weighted by atomic mass is 10.1. The number of hydrogen-bond acceptors (Lipinski definition) is 9. The van der Waals surface area contributed by atoms with Gasteiger partial charge in [0.2, 0.25) is 17.8 Å². The standard InChI is InChI=1S/C15H16FN7OS/c1-23(2)14-19-11(18-13(17)20-14)8-25-15-22-21-12(24-15)7-9-5-3-4-6-10(9)16/h3-6H,7-8H2,1-2H3,(H2,17,18,19,20). The van der Waals surface area contributed by atoms with Crippen molar-refractivity contribution in [2.45, 2.75) is 17.4 Å². The van der Waals surface area contributed by atoms with Gasteiger partial charge in [0.05, 0.1) is 12.2 Å². The van der Waals surface area contributed by atoms with Crippen molar-refractivity contribution in [1.82, 2.24) is 25.1 Å². The predicted molar refractivity (Wildman–Crippen MR) is 91.6 cm³/mol. The van der Waals surface area contributed by atoms with Crippen molar-refractivity contribution in [2.75, 3.05) is 24.7 Å². The molecule has 0 radical (unpaired) electrons. The molecule has 8 nitrogen and oxygen atoms in total. The molecular weight excluding hydrogens is 345 g/mol. The van der Waals surface area contributed by atoms with Crippen molar-refractivity contribution < 1.29 is 8.81 Å². The molecule has 0 atom stereocenters. The Morgan fingerprint density at radius 1 is 1.16 bits per heavy atom. The number of thioether (sulfide) groups is 1. The number of rotatable bonds is 6. The molecule has 0 bridgehead atoms. The van der Waals surface area contributed by atoms with Gasteiger partial charge in [-0.15, -0.1) is 10.2 Å². The number of anilines is 2. The van der Waals surface area contributed by atoms with E-state index in [0.29, 0.717) is 34.2 Å². The number of halogens is 1. The van der Waals surface area contributed by atoms with Crippen LogP contribution in [0, 0.1) is 5.82 Å². The van der Waals surface area contributed by atoms with Crippen molar-refractivity contribution in [1.29, 1.82) is 0 Å². The predicted octanol–water partition coefficient (Wildman–Crippen LogP) is 1.92. The minimum Gasteiger partial charge on any atom is -0.416 e. The number of nitrogens with two attached hydrogens (primary N) is 1. The number of aromatic nitrogens is 5. The van der Waals surface area contributed by atoms with Crippen molar-refractivity contribution in [2.24, 2.45) is 0 Å². The SMILES string of the molecule is CN(C)c1nc(N)nc(CSc2nnc(Cc3ccccc3F)o2)n1. The fraction of sp³-hybridized carbons (Fsp3) is 0.267. The molecule has 25 heavy (non-hydrogen) atoms. The first-order valence-electron chi connectivity index (χ1n) is 7.37. The van der Waals surface area contributed by atoms with E-state index in [4.69, 9.17) is 10.2 Å². The van der Waals surface area contributed by atoms with Gasteiger partial charge >= 0.3 is 0 Å². The van der Waals surface area contributed by atoms with Gasteiger partial charge in [-0.25, -0.2) is 4.39 Å². The quantitative estimate of drug-likeness (QED) is 0.659. The maximum absolute atomic E-state index is 13.7. The first-order chi connectivity index (χ1) is 12.0. The first kappa shape index (κ1) is 17.1. The second-order valence-corrected chi connectivity index (χ2v) is 6.25. The van der Waals surface area contributed by atoms with Crippen LogP contribution in [-0.4, -0.2) is 39.2 Å². The monoisotopic (exact) mass is 361 g/mol. The Balaban J connectivity index is 1.65. The van der Waals surface area contributed by atoms with Gasteiger partial charge in [-0.2, -0.15) is 15.0 Å². The zero-order valence-electron chi connectivity index (χ0n) is 13.7. The third-order valence-corrected chi connectivity index (χ3v) is 3.97. The van der Waals surface area contributed by atoms with E-state index in [-0.39, 0.29) is 18.2 Å². The van der Waals surface area contributed by atoms with Crippen LogP contribution in [0.4, 0.5) is 16.3 Å². The molecule has 130 valence electrons. The van der Waals surface area contributed by atoms with Gasteiger partial charge in [-0.05, 0) is 11.6 Å². The Morgan fingerprint density at radius 3 is 2.72 bits per heavy atom. The van der Waals surface area contributed by atoms with Crippen LogP contribution in [0.25, 0.3) is 0 Å². The molecule has 2 heterocycles. The average molecular weight is 361 g/mol. The normalized spacial score (nSPS) is 10.8. The molecule has 0 aliphatic heterocycles. The van der Waals surface area contributed by atoms with Gasteiger partial charge in [-0.1, -0.05) is 30.0 Å². The highest BCUT2D eigenvalue weighted by molar-refractivity contribution is 7.98. The van der Waals surface area contributed by atoms with Gasteiger partial charge in [0.25, 0.3) is 5.22 Å². The summed E-state index contributed by atoms with van der Waals surface area (Å²) in [5.41, 5.74) is 6.19. The largest absolute Gasteiger partial charge is 0.416 e. The highest BCUT2D eigenvalue weighted by Gasteiger charge is 2.12. The van der Waals surface area contributed by atoms with E-state index in [1.807, 2.05) is 14.1 Å². The molecule has 0 fully saturated rings.